The molecule has 3 aliphatic rings. The van der Waals surface area contributed by atoms with Crippen molar-refractivity contribution in [3.8, 4) is 5.75 Å². The number of aliphatic hydroxyl groups excluding tert-OH is 1. The van der Waals surface area contributed by atoms with Gasteiger partial charge in [-0.15, -0.1) is 18.3 Å². The van der Waals surface area contributed by atoms with Crippen LogP contribution in [0, 0.1) is 11.8 Å². The zero-order valence-corrected chi connectivity index (χ0v) is 23.0. The Morgan fingerprint density at radius 1 is 1.23 bits per heavy atom. The maximum Gasteiger partial charge on any atom is 0.310 e. The molecule has 6 atom stereocenters. The number of hydrogen-bond acceptors (Lipinski definition) is 7. The van der Waals surface area contributed by atoms with E-state index in [1.165, 1.54) is 0 Å². The maximum atomic E-state index is 14.7. The summed E-state index contributed by atoms with van der Waals surface area (Å²) in [4.78, 5) is 45.4. The Bertz CT molecular complexity index is 1240. The number of carbonyl (C=O) groups is 3. The quantitative estimate of drug-likeness (QED) is 0.357. The summed E-state index contributed by atoms with van der Waals surface area (Å²) >= 11 is 1.58. The smallest absolute Gasteiger partial charge is 0.310 e. The molecule has 1 N–H and O–H groups in total. The van der Waals surface area contributed by atoms with E-state index in [1.54, 1.807) is 65.9 Å². The average molecular weight is 551 g/mol. The van der Waals surface area contributed by atoms with Crippen molar-refractivity contribution in [1.82, 2.24) is 4.90 Å². The number of thioether (sulfide) groups is 1. The number of anilines is 1. The summed E-state index contributed by atoms with van der Waals surface area (Å²) in [6, 6.07) is 14.8. The van der Waals surface area contributed by atoms with Crippen LogP contribution >= 0.6 is 11.8 Å². The number of likely N-dealkylation sites (tertiary alicyclic amines) is 1. The molecule has 2 amide bonds. The summed E-state index contributed by atoms with van der Waals surface area (Å²) in [6.45, 7) is 5.71. The van der Waals surface area contributed by atoms with E-state index in [2.05, 4.69) is 6.58 Å². The number of aliphatic hydroxyl groups is 1. The lowest BCUT2D eigenvalue weighted by atomic mass is 9.71. The first-order valence-electron chi connectivity index (χ1n) is 13.3. The van der Waals surface area contributed by atoms with Crippen LogP contribution in [-0.2, 0) is 19.1 Å². The largest absolute Gasteiger partial charge is 0.497 e. The van der Waals surface area contributed by atoms with E-state index < -0.39 is 28.7 Å². The van der Waals surface area contributed by atoms with Gasteiger partial charge in [-0.3, -0.25) is 14.4 Å². The van der Waals surface area contributed by atoms with Crippen LogP contribution in [-0.4, -0.2) is 70.7 Å². The summed E-state index contributed by atoms with van der Waals surface area (Å²) in [6.07, 6.45) is 2.99. The van der Waals surface area contributed by atoms with Gasteiger partial charge in [0.1, 0.15) is 11.8 Å². The molecule has 3 saturated heterocycles. The molecule has 2 aromatic carbocycles. The molecular weight excluding hydrogens is 516 g/mol. The predicted octanol–water partition coefficient (Wildman–Crippen LogP) is 3.60. The molecule has 2 bridgehead atoms. The summed E-state index contributed by atoms with van der Waals surface area (Å²) < 4.78 is 9.91. The highest BCUT2D eigenvalue weighted by atomic mass is 32.2. The van der Waals surface area contributed by atoms with E-state index in [-0.39, 0.29) is 42.8 Å². The summed E-state index contributed by atoms with van der Waals surface area (Å²) in [5.74, 6) is -1.59. The van der Waals surface area contributed by atoms with Gasteiger partial charge in [0.15, 0.2) is 0 Å². The van der Waals surface area contributed by atoms with Crippen LogP contribution in [0.25, 0.3) is 0 Å². The molecule has 1 spiro atoms. The number of ether oxygens (including phenoxy) is 2. The molecule has 0 aliphatic carbocycles. The second-order valence-electron chi connectivity index (χ2n) is 10.1. The molecular formula is C30H34N2O6S. The Morgan fingerprint density at radius 3 is 2.56 bits per heavy atom. The van der Waals surface area contributed by atoms with Crippen molar-refractivity contribution in [2.45, 2.75) is 41.8 Å². The molecule has 206 valence electrons. The minimum atomic E-state index is -0.885. The predicted molar refractivity (Wildman–Crippen MR) is 149 cm³/mol. The third-order valence-electron chi connectivity index (χ3n) is 8.19. The number of amides is 2. The number of methoxy groups -OCH3 is 1. The van der Waals surface area contributed by atoms with Gasteiger partial charge in [0, 0.05) is 17.5 Å². The van der Waals surface area contributed by atoms with Gasteiger partial charge in [0.2, 0.25) is 5.91 Å². The Morgan fingerprint density at radius 2 is 1.95 bits per heavy atom. The Kier molecular flexibility index (Phi) is 7.73. The van der Waals surface area contributed by atoms with Crippen LogP contribution in [0.1, 0.15) is 31.4 Å². The van der Waals surface area contributed by atoms with E-state index in [0.29, 0.717) is 24.3 Å². The lowest BCUT2D eigenvalue weighted by molar-refractivity contribution is -0.154. The molecule has 8 nitrogen and oxygen atoms in total. The minimum absolute atomic E-state index is 0.0893. The topological polar surface area (TPSA) is 96.4 Å². The normalized spacial score (nSPS) is 27.7. The standard InChI is InChI=1S/C30H34N2O6S/c1-4-17-31(20-11-13-21(37-3)14-12-20)28(35)26-30-16-15-23(39-30)24(29(36)38-5-2)25(30)27(34)32(26)22(18-33)19-9-7-6-8-10-19/h4,6-14,22-26,33H,1,5,15-18H2,2-3H3/t22-,23-,24+,25+,26?,30?/m1/s1. The minimum Gasteiger partial charge on any atom is -0.497 e. The average Bonchev–Trinajstić information content (AvgIpc) is 3.60. The third-order valence-corrected chi connectivity index (χ3v) is 10.1. The number of hydrogen-bond donors (Lipinski definition) is 1. The van der Waals surface area contributed by atoms with Crippen LogP contribution in [0.4, 0.5) is 5.69 Å². The van der Waals surface area contributed by atoms with Crippen molar-refractivity contribution in [3.05, 3.63) is 72.8 Å². The van der Waals surface area contributed by atoms with Crippen LogP contribution in [0.5, 0.6) is 5.75 Å². The van der Waals surface area contributed by atoms with Gasteiger partial charge in [-0.1, -0.05) is 36.4 Å². The van der Waals surface area contributed by atoms with E-state index in [4.69, 9.17) is 9.47 Å². The van der Waals surface area contributed by atoms with E-state index >= 15 is 0 Å². The molecule has 3 fully saturated rings. The molecule has 2 unspecified atom stereocenters. The number of nitrogens with zero attached hydrogens (tertiary/aromatic N) is 2. The first-order chi connectivity index (χ1) is 18.9. The molecule has 3 aliphatic heterocycles. The fourth-order valence-corrected chi connectivity index (χ4v) is 8.79. The molecule has 2 aromatic rings. The van der Waals surface area contributed by atoms with Gasteiger partial charge in [-0.25, -0.2) is 0 Å². The number of benzene rings is 2. The summed E-state index contributed by atoms with van der Waals surface area (Å²) in [5.41, 5.74) is 1.38. The number of esters is 1. The first kappa shape index (κ1) is 27.3. The number of rotatable bonds is 10. The highest BCUT2D eigenvalue weighted by Gasteiger charge is 2.75. The molecule has 3 heterocycles. The lowest BCUT2D eigenvalue weighted by Gasteiger charge is -2.39. The first-order valence-corrected chi connectivity index (χ1v) is 14.2. The van der Waals surface area contributed by atoms with Crippen LogP contribution in [0.15, 0.2) is 67.3 Å². The molecule has 0 aromatic heterocycles. The van der Waals surface area contributed by atoms with Crippen molar-refractivity contribution >= 4 is 35.2 Å². The molecule has 39 heavy (non-hydrogen) atoms. The van der Waals surface area contributed by atoms with E-state index in [0.717, 1.165) is 5.56 Å². The fourth-order valence-electron chi connectivity index (χ4n) is 6.60. The Hall–Kier alpha value is -3.30. The van der Waals surface area contributed by atoms with E-state index in [9.17, 15) is 19.5 Å². The lowest BCUT2D eigenvalue weighted by Crippen LogP contribution is -2.56. The Labute approximate surface area is 232 Å². The fraction of sp³-hybridized carbons (Fsp3) is 0.433. The van der Waals surface area contributed by atoms with Crippen LogP contribution in [0.2, 0.25) is 0 Å². The van der Waals surface area contributed by atoms with Crippen LogP contribution < -0.4 is 9.64 Å². The number of fused-ring (bicyclic) bond motifs is 1. The zero-order valence-electron chi connectivity index (χ0n) is 22.2. The van der Waals surface area contributed by atoms with Crippen molar-refractivity contribution in [2.24, 2.45) is 11.8 Å². The van der Waals surface area contributed by atoms with Crippen molar-refractivity contribution in [1.29, 1.82) is 0 Å². The highest BCUT2D eigenvalue weighted by Crippen LogP contribution is 2.67. The van der Waals surface area contributed by atoms with Gasteiger partial charge >= 0.3 is 5.97 Å². The van der Waals surface area contributed by atoms with Gasteiger partial charge in [-0.2, -0.15) is 0 Å². The SMILES string of the molecule is C=CCN(C(=O)C1N([C@H](CO)c2ccccc2)C(=O)[C@@H]2[C@@H](C(=O)OCC)[C@H]3CCC12S3)c1ccc(OC)cc1. The second kappa shape index (κ2) is 11.1. The van der Waals surface area contributed by atoms with Crippen molar-refractivity contribution in [3.63, 3.8) is 0 Å². The molecule has 9 heteroatoms. The summed E-state index contributed by atoms with van der Waals surface area (Å²) in [7, 11) is 1.58. The van der Waals surface area contributed by atoms with E-state index in [1.807, 2.05) is 30.3 Å². The summed E-state index contributed by atoms with van der Waals surface area (Å²) in [5, 5.41) is 10.5. The molecule has 5 rings (SSSR count). The van der Waals surface area contributed by atoms with Crippen molar-refractivity contribution in [2.75, 3.05) is 31.8 Å². The number of carbonyl (C=O) groups excluding carboxylic acids is 3. The highest BCUT2D eigenvalue weighted by molar-refractivity contribution is 8.02. The molecule has 0 radical (unpaired) electrons. The Balaban J connectivity index is 1.63. The second-order valence-corrected chi connectivity index (χ2v) is 11.7. The van der Waals surface area contributed by atoms with Crippen molar-refractivity contribution < 1.29 is 29.0 Å². The van der Waals surface area contributed by atoms with Gasteiger partial charge in [0.05, 0.1) is 42.9 Å². The maximum absolute atomic E-state index is 14.7. The van der Waals surface area contributed by atoms with Gasteiger partial charge < -0.3 is 24.4 Å². The van der Waals surface area contributed by atoms with Gasteiger partial charge in [-0.05, 0) is 49.6 Å². The monoisotopic (exact) mass is 550 g/mol. The third kappa shape index (κ3) is 4.41. The van der Waals surface area contributed by atoms with Crippen LogP contribution in [0.3, 0.4) is 0 Å². The zero-order chi connectivity index (χ0) is 27.7. The van der Waals surface area contributed by atoms with Gasteiger partial charge in [0.25, 0.3) is 5.91 Å². The molecule has 0 saturated carbocycles.